The number of nitrogens with one attached hydrogen (secondary N) is 1. The fourth-order valence-electron chi connectivity index (χ4n) is 2.21. The lowest BCUT2D eigenvalue weighted by Crippen LogP contribution is -2.28. The number of dihydropyridines is 1. The third kappa shape index (κ3) is 2.58. The largest absolute Gasteiger partial charge is 0.455 e. The Morgan fingerprint density at radius 3 is 2.78 bits per heavy atom. The summed E-state index contributed by atoms with van der Waals surface area (Å²) in [4.78, 5) is 0. The average Bonchev–Trinajstić information content (AvgIpc) is 2.60. The molecule has 2 aliphatic rings. The molecular formula is C16H21NO. The van der Waals surface area contributed by atoms with Crippen molar-refractivity contribution in [3.05, 3.63) is 53.4 Å². The van der Waals surface area contributed by atoms with Gasteiger partial charge in [-0.1, -0.05) is 38.1 Å². The Kier molecular flexibility index (Phi) is 4.08. The summed E-state index contributed by atoms with van der Waals surface area (Å²) in [6, 6.07) is 8.67. The Balaban J connectivity index is 0.000000574. The van der Waals surface area contributed by atoms with E-state index in [1.807, 2.05) is 26.0 Å². The maximum absolute atomic E-state index is 5.94. The van der Waals surface area contributed by atoms with E-state index in [0.717, 1.165) is 24.4 Å². The van der Waals surface area contributed by atoms with Gasteiger partial charge >= 0.3 is 0 Å². The van der Waals surface area contributed by atoms with Crippen molar-refractivity contribution in [2.45, 2.75) is 39.7 Å². The Hall–Kier alpha value is -1.70. The number of allylic oxidation sites excluding steroid dienone is 2. The van der Waals surface area contributed by atoms with Crippen molar-refractivity contribution in [3.8, 4) is 5.75 Å². The third-order valence-electron chi connectivity index (χ3n) is 3.07. The van der Waals surface area contributed by atoms with Gasteiger partial charge in [-0.05, 0) is 37.5 Å². The molecule has 1 aromatic carbocycles. The monoisotopic (exact) mass is 243 g/mol. The van der Waals surface area contributed by atoms with Crippen LogP contribution in [0.15, 0.2) is 47.9 Å². The van der Waals surface area contributed by atoms with Gasteiger partial charge in [0.15, 0.2) is 0 Å². The van der Waals surface area contributed by atoms with Crippen molar-refractivity contribution in [3.63, 3.8) is 0 Å². The smallest absolute Gasteiger partial charge is 0.146 e. The first-order chi connectivity index (χ1) is 8.83. The summed E-state index contributed by atoms with van der Waals surface area (Å²) >= 11 is 0. The molecule has 0 fully saturated rings. The highest BCUT2D eigenvalue weighted by Gasteiger charge is 2.18. The minimum absolute atomic E-state index is 0.406. The number of fused-ring (bicyclic) bond motifs is 1. The highest BCUT2D eigenvalue weighted by atomic mass is 16.5. The standard InChI is InChI=1S/C14H15NO.C2H6/c1-10-6-9-14-12(15-10)8-7-11-4-2-3-5-13(11)16-14;1-2/h2-6,9-10,15H,7-8H2,1H3;1-2H3. The van der Waals surface area contributed by atoms with E-state index in [-0.39, 0.29) is 0 Å². The maximum Gasteiger partial charge on any atom is 0.146 e. The van der Waals surface area contributed by atoms with E-state index in [1.54, 1.807) is 0 Å². The minimum atomic E-state index is 0.406. The third-order valence-corrected chi connectivity index (χ3v) is 3.07. The quantitative estimate of drug-likeness (QED) is 0.748. The van der Waals surface area contributed by atoms with Crippen LogP contribution in [-0.2, 0) is 6.42 Å². The zero-order valence-electron chi connectivity index (χ0n) is 11.4. The molecule has 1 N–H and O–H groups in total. The minimum Gasteiger partial charge on any atom is -0.455 e. The second-order valence-electron chi connectivity index (χ2n) is 4.34. The van der Waals surface area contributed by atoms with E-state index in [1.165, 1.54) is 11.3 Å². The molecule has 0 spiro atoms. The number of hydrogen-bond acceptors (Lipinski definition) is 2. The van der Waals surface area contributed by atoms with Gasteiger partial charge in [0.25, 0.3) is 0 Å². The summed E-state index contributed by atoms with van der Waals surface area (Å²) in [5.41, 5.74) is 2.52. The molecule has 2 aliphatic heterocycles. The highest BCUT2D eigenvalue weighted by Crippen LogP contribution is 2.29. The molecule has 3 rings (SSSR count). The zero-order chi connectivity index (χ0) is 13.0. The van der Waals surface area contributed by atoms with E-state index >= 15 is 0 Å². The molecule has 1 unspecified atom stereocenters. The van der Waals surface area contributed by atoms with Gasteiger partial charge < -0.3 is 10.1 Å². The fourth-order valence-corrected chi connectivity index (χ4v) is 2.21. The molecule has 0 amide bonds. The molecule has 2 heterocycles. The predicted molar refractivity (Wildman–Crippen MR) is 75.5 cm³/mol. The lowest BCUT2D eigenvalue weighted by atomic mass is 10.1. The first-order valence-electron chi connectivity index (χ1n) is 6.76. The highest BCUT2D eigenvalue weighted by molar-refractivity contribution is 5.40. The molecule has 0 saturated heterocycles. The molecule has 1 aromatic rings. The summed E-state index contributed by atoms with van der Waals surface area (Å²) in [6.45, 7) is 6.15. The summed E-state index contributed by atoms with van der Waals surface area (Å²) in [5, 5.41) is 3.46. The SMILES string of the molecule is CC.CC1C=CC2=C(CCc3ccccc3O2)N1. The van der Waals surface area contributed by atoms with E-state index in [0.29, 0.717) is 6.04 Å². The van der Waals surface area contributed by atoms with Crippen molar-refractivity contribution in [1.82, 2.24) is 5.32 Å². The second kappa shape index (κ2) is 5.76. The number of benzene rings is 1. The van der Waals surface area contributed by atoms with Crippen LogP contribution >= 0.6 is 0 Å². The van der Waals surface area contributed by atoms with Crippen LogP contribution in [0.5, 0.6) is 5.75 Å². The molecule has 0 aromatic heterocycles. The molecule has 0 radical (unpaired) electrons. The van der Waals surface area contributed by atoms with Crippen molar-refractivity contribution < 1.29 is 4.74 Å². The van der Waals surface area contributed by atoms with Crippen LogP contribution in [0.3, 0.4) is 0 Å². The Morgan fingerprint density at radius 2 is 1.94 bits per heavy atom. The van der Waals surface area contributed by atoms with E-state index in [2.05, 4.69) is 36.5 Å². The van der Waals surface area contributed by atoms with Crippen molar-refractivity contribution in [1.29, 1.82) is 0 Å². The van der Waals surface area contributed by atoms with Crippen LogP contribution in [0, 0.1) is 0 Å². The van der Waals surface area contributed by atoms with E-state index < -0.39 is 0 Å². The summed E-state index contributed by atoms with van der Waals surface area (Å²) in [7, 11) is 0. The second-order valence-corrected chi connectivity index (χ2v) is 4.34. The maximum atomic E-state index is 5.94. The Labute approximate surface area is 109 Å². The van der Waals surface area contributed by atoms with E-state index in [4.69, 9.17) is 4.74 Å². The van der Waals surface area contributed by atoms with Crippen LogP contribution in [-0.4, -0.2) is 6.04 Å². The first kappa shape index (κ1) is 12.7. The molecule has 96 valence electrons. The summed E-state index contributed by atoms with van der Waals surface area (Å²) in [5.74, 6) is 1.97. The van der Waals surface area contributed by atoms with Gasteiger partial charge in [0.2, 0.25) is 0 Å². The van der Waals surface area contributed by atoms with Gasteiger partial charge in [0.1, 0.15) is 11.5 Å². The van der Waals surface area contributed by atoms with Crippen LogP contribution in [0.4, 0.5) is 0 Å². The van der Waals surface area contributed by atoms with Gasteiger partial charge in [0.05, 0.1) is 5.70 Å². The molecule has 2 heteroatoms. The molecule has 0 bridgehead atoms. The fraction of sp³-hybridized carbons (Fsp3) is 0.375. The van der Waals surface area contributed by atoms with Gasteiger partial charge in [-0.3, -0.25) is 0 Å². The number of para-hydroxylation sites is 1. The summed E-state index contributed by atoms with van der Waals surface area (Å²) < 4.78 is 5.94. The summed E-state index contributed by atoms with van der Waals surface area (Å²) in [6.07, 6.45) is 6.29. The van der Waals surface area contributed by atoms with Crippen LogP contribution in [0.2, 0.25) is 0 Å². The normalized spacial score (nSPS) is 20.5. The molecular weight excluding hydrogens is 222 g/mol. The molecule has 2 nitrogen and oxygen atoms in total. The molecule has 0 aliphatic carbocycles. The molecule has 1 atom stereocenters. The number of rotatable bonds is 0. The predicted octanol–water partition coefficient (Wildman–Crippen LogP) is 3.80. The zero-order valence-corrected chi connectivity index (χ0v) is 11.4. The van der Waals surface area contributed by atoms with Gasteiger partial charge in [0, 0.05) is 6.04 Å². The molecule has 0 saturated carbocycles. The topological polar surface area (TPSA) is 21.3 Å². The molecule has 18 heavy (non-hydrogen) atoms. The lowest BCUT2D eigenvalue weighted by Gasteiger charge is -2.20. The number of hydrogen-bond donors (Lipinski definition) is 1. The van der Waals surface area contributed by atoms with Crippen LogP contribution in [0.1, 0.15) is 32.8 Å². The van der Waals surface area contributed by atoms with Crippen LogP contribution in [0.25, 0.3) is 0 Å². The Bertz CT molecular complexity index is 474. The Morgan fingerprint density at radius 1 is 1.17 bits per heavy atom. The van der Waals surface area contributed by atoms with E-state index in [9.17, 15) is 0 Å². The average molecular weight is 243 g/mol. The van der Waals surface area contributed by atoms with Gasteiger partial charge in [-0.25, -0.2) is 0 Å². The van der Waals surface area contributed by atoms with Crippen molar-refractivity contribution in [2.24, 2.45) is 0 Å². The van der Waals surface area contributed by atoms with Gasteiger partial charge in [-0.15, -0.1) is 0 Å². The van der Waals surface area contributed by atoms with Crippen LogP contribution < -0.4 is 10.1 Å². The van der Waals surface area contributed by atoms with Crippen molar-refractivity contribution >= 4 is 0 Å². The number of ether oxygens (including phenoxy) is 1. The number of aryl methyl sites for hydroxylation is 1. The van der Waals surface area contributed by atoms with Crippen molar-refractivity contribution in [2.75, 3.05) is 0 Å². The first-order valence-corrected chi connectivity index (χ1v) is 6.76. The van der Waals surface area contributed by atoms with Gasteiger partial charge in [-0.2, -0.15) is 0 Å². The lowest BCUT2D eigenvalue weighted by molar-refractivity contribution is 0.426.